The Labute approximate surface area is 189 Å². The van der Waals surface area contributed by atoms with Crippen LogP contribution in [0.15, 0.2) is 58.7 Å². The largest absolute Gasteiger partial charge is 0.465 e. The Morgan fingerprint density at radius 3 is 3.00 bits per heavy atom. The number of nitrogen functional groups attached to an aromatic ring is 1. The molecule has 0 atom stereocenters. The third-order valence-corrected chi connectivity index (χ3v) is 7.28. The number of thiophene rings is 1. The molecule has 0 radical (unpaired) electrons. The number of aromatic nitrogens is 2. The molecule has 0 fully saturated rings. The minimum Gasteiger partial charge on any atom is -0.465 e. The summed E-state index contributed by atoms with van der Waals surface area (Å²) in [6.07, 6.45) is 5.55. The smallest absolute Gasteiger partial charge is 0.346 e. The Kier molecular flexibility index (Phi) is 6.58. The Morgan fingerprint density at radius 1 is 1.32 bits per heavy atom. The second kappa shape index (κ2) is 9.53. The van der Waals surface area contributed by atoms with Crippen molar-refractivity contribution in [3.05, 3.63) is 63.6 Å². The second-order valence-corrected chi connectivity index (χ2v) is 9.18. The molecule has 160 valence electrons. The molecular weight excluding hydrogens is 428 g/mol. The minimum atomic E-state index is -0.294. The monoisotopic (exact) mass is 453 g/mol. The molecule has 3 N–H and O–H groups in total. The average Bonchev–Trinajstić information content (AvgIpc) is 3.15. The fourth-order valence-corrected chi connectivity index (χ4v) is 5.27. The van der Waals surface area contributed by atoms with E-state index in [4.69, 9.17) is 10.5 Å². The third-order valence-electron chi connectivity index (χ3n) is 5.17. The van der Waals surface area contributed by atoms with Crippen molar-refractivity contribution in [1.82, 2.24) is 10.3 Å². The van der Waals surface area contributed by atoms with E-state index in [1.807, 2.05) is 16.0 Å². The molecular formula is C23H25N4O2S2+. The number of benzene rings is 1. The van der Waals surface area contributed by atoms with Gasteiger partial charge in [0.15, 0.2) is 5.52 Å². The Balaban J connectivity index is 1.55. The average molecular weight is 454 g/mol. The number of carbonyl (C=O) groups is 1. The van der Waals surface area contributed by atoms with Crippen molar-refractivity contribution >= 4 is 45.8 Å². The number of allylic oxidation sites excluding steroid dienone is 2. The summed E-state index contributed by atoms with van der Waals surface area (Å²) < 4.78 is 6.89. The number of rotatable bonds is 6. The number of anilines is 1. The molecule has 0 unspecified atom stereocenters. The first kappa shape index (κ1) is 21.4. The summed E-state index contributed by atoms with van der Waals surface area (Å²) in [7, 11) is 1.42. The lowest BCUT2D eigenvalue weighted by atomic mass is 10.1. The summed E-state index contributed by atoms with van der Waals surface area (Å²) in [5.74, 6) is 0.437. The van der Waals surface area contributed by atoms with Gasteiger partial charge in [-0.15, -0.1) is 16.3 Å². The topological polar surface area (TPSA) is 81.1 Å². The summed E-state index contributed by atoms with van der Waals surface area (Å²) >= 11 is 3.14. The van der Waals surface area contributed by atoms with Gasteiger partial charge in [0.2, 0.25) is 12.1 Å². The first-order valence-corrected chi connectivity index (χ1v) is 11.8. The molecule has 6 nitrogen and oxygen atoms in total. The first-order chi connectivity index (χ1) is 15.1. The van der Waals surface area contributed by atoms with Gasteiger partial charge in [0.05, 0.1) is 19.0 Å². The molecule has 3 aromatic rings. The van der Waals surface area contributed by atoms with Crippen LogP contribution in [0.3, 0.4) is 0 Å². The van der Waals surface area contributed by atoms with Crippen LogP contribution in [0.2, 0.25) is 0 Å². The number of esters is 1. The van der Waals surface area contributed by atoms with Crippen LogP contribution in [0.1, 0.15) is 24.6 Å². The molecule has 8 heteroatoms. The normalized spacial score (nSPS) is 14.0. The summed E-state index contributed by atoms with van der Waals surface area (Å²) in [5, 5.41) is 6.37. The van der Waals surface area contributed by atoms with E-state index in [-0.39, 0.29) is 5.97 Å². The lowest BCUT2D eigenvalue weighted by Crippen LogP contribution is -2.36. The summed E-state index contributed by atoms with van der Waals surface area (Å²) in [6.45, 7) is 3.50. The summed E-state index contributed by atoms with van der Waals surface area (Å²) in [6, 6.07) is 10.5. The maximum absolute atomic E-state index is 12.1. The number of nitrogens with two attached hydrogens (primary N) is 1. The number of aryl methyl sites for hydroxylation is 1. The van der Waals surface area contributed by atoms with Crippen LogP contribution in [-0.2, 0) is 22.6 Å². The number of fused-ring (bicyclic) bond motifs is 1. The van der Waals surface area contributed by atoms with Crippen molar-refractivity contribution in [3.63, 3.8) is 0 Å². The minimum absolute atomic E-state index is 0.294. The molecule has 0 bridgehead atoms. The van der Waals surface area contributed by atoms with Gasteiger partial charge in [0.1, 0.15) is 4.91 Å². The van der Waals surface area contributed by atoms with E-state index in [2.05, 4.69) is 47.6 Å². The maximum atomic E-state index is 12.1. The van der Waals surface area contributed by atoms with Gasteiger partial charge in [0, 0.05) is 22.0 Å². The maximum Gasteiger partial charge on any atom is 0.346 e. The van der Waals surface area contributed by atoms with Crippen molar-refractivity contribution in [1.29, 1.82) is 0 Å². The molecule has 1 aliphatic heterocycles. The number of methoxy groups -OCH3 is 1. The third kappa shape index (κ3) is 4.60. The molecule has 0 saturated carbocycles. The quantitative estimate of drug-likeness (QED) is 0.426. The number of nitrogens with zero attached hydrogens (tertiary/aromatic N) is 2. The van der Waals surface area contributed by atoms with Gasteiger partial charge in [0.25, 0.3) is 0 Å². The highest BCUT2D eigenvalue weighted by atomic mass is 32.2. The summed E-state index contributed by atoms with van der Waals surface area (Å²) in [5.41, 5.74) is 9.29. The zero-order valence-corrected chi connectivity index (χ0v) is 19.2. The van der Waals surface area contributed by atoms with E-state index in [1.165, 1.54) is 28.6 Å². The molecule has 4 rings (SSSR count). The van der Waals surface area contributed by atoms with Crippen LogP contribution in [0.25, 0.3) is 21.3 Å². The van der Waals surface area contributed by atoms with Gasteiger partial charge in [-0.1, -0.05) is 17.8 Å². The van der Waals surface area contributed by atoms with Crippen molar-refractivity contribution in [2.24, 2.45) is 0 Å². The fraction of sp³-hybridized carbons (Fsp3) is 0.261. The van der Waals surface area contributed by atoms with E-state index in [0.717, 1.165) is 47.4 Å². The predicted molar refractivity (Wildman–Crippen MR) is 127 cm³/mol. The number of nitrogens with one attached hydrogen (secondary N) is 1. The molecule has 1 aliphatic rings. The summed E-state index contributed by atoms with van der Waals surface area (Å²) in [4.78, 5) is 19.6. The zero-order valence-electron chi connectivity index (χ0n) is 17.6. The molecule has 1 aromatic carbocycles. The van der Waals surface area contributed by atoms with Gasteiger partial charge in [-0.25, -0.2) is 9.36 Å². The highest BCUT2D eigenvalue weighted by molar-refractivity contribution is 8.06. The Bertz CT molecular complexity index is 1180. The van der Waals surface area contributed by atoms with E-state index < -0.39 is 0 Å². The zero-order chi connectivity index (χ0) is 21.8. The Morgan fingerprint density at radius 2 is 2.19 bits per heavy atom. The molecule has 0 spiro atoms. The van der Waals surface area contributed by atoms with E-state index in [9.17, 15) is 4.79 Å². The van der Waals surface area contributed by atoms with Crippen LogP contribution >= 0.6 is 23.1 Å². The second-order valence-electron chi connectivity index (χ2n) is 7.09. The number of carbonyl (C=O) groups excluding carboxylic acids is 1. The fourth-order valence-electron chi connectivity index (χ4n) is 3.46. The lowest BCUT2D eigenvalue weighted by molar-refractivity contribution is -0.681. The van der Waals surface area contributed by atoms with Crippen LogP contribution in [0.4, 0.5) is 5.82 Å². The van der Waals surface area contributed by atoms with Crippen molar-refractivity contribution in [2.75, 3.05) is 12.8 Å². The number of ether oxygens (including phenoxy) is 1. The number of thioether (sulfide) groups is 1. The Hall–Kier alpha value is -2.84. The van der Waals surface area contributed by atoms with Crippen LogP contribution in [0, 0.1) is 0 Å². The van der Waals surface area contributed by atoms with Gasteiger partial charge >= 0.3 is 5.97 Å². The highest BCUT2D eigenvalue weighted by Crippen LogP contribution is 2.32. The van der Waals surface area contributed by atoms with Crippen molar-refractivity contribution < 1.29 is 14.1 Å². The molecule has 2 aromatic heterocycles. The van der Waals surface area contributed by atoms with Crippen molar-refractivity contribution in [2.45, 2.75) is 32.9 Å². The molecule has 31 heavy (non-hydrogen) atoms. The van der Waals surface area contributed by atoms with E-state index >= 15 is 0 Å². The lowest BCUT2D eigenvalue weighted by Gasteiger charge is -2.12. The molecule has 0 amide bonds. The van der Waals surface area contributed by atoms with Crippen molar-refractivity contribution in [3.8, 4) is 10.4 Å². The molecule has 3 heterocycles. The van der Waals surface area contributed by atoms with Gasteiger partial charge in [-0.05, 0) is 61.1 Å². The predicted octanol–water partition coefficient (Wildman–Crippen LogP) is 4.37. The van der Waals surface area contributed by atoms with Gasteiger partial charge in [-0.2, -0.15) is 0 Å². The molecule has 0 saturated heterocycles. The van der Waals surface area contributed by atoms with Crippen LogP contribution in [0.5, 0.6) is 0 Å². The van der Waals surface area contributed by atoms with Gasteiger partial charge < -0.3 is 15.8 Å². The van der Waals surface area contributed by atoms with Crippen LogP contribution in [-0.4, -0.2) is 18.1 Å². The van der Waals surface area contributed by atoms with E-state index in [1.54, 1.807) is 17.7 Å². The SMILES string of the molecule is CC[n+]1cnc2ccc(-c3ccc(CNC4=C(C(=O)OC)SC=CCC4)s3)cc2c1N. The van der Waals surface area contributed by atoms with Gasteiger partial charge in [-0.3, -0.25) is 0 Å². The van der Waals surface area contributed by atoms with E-state index in [0.29, 0.717) is 11.4 Å². The first-order valence-electron chi connectivity index (χ1n) is 10.1. The highest BCUT2D eigenvalue weighted by Gasteiger charge is 2.18. The standard InChI is InChI=1S/C23H24N4O2S2/c1-3-27-14-26-18-9-7-15(12-17(18)22(27)24)20-10-8-16(31-20)13-25-19-6-4-5-11-30-21(19)23(28)29-2/h5,7-12,14,24H,3-4,6,13H2,1-2H3,(H,25,28)/p+1. The number of hydrogen-bond donors (Lipinski definition) is 2. The van der Waals surface area contributed by atoms with Crippen LogP contribution < -0.4 is 15.6 Å². The molecule has 0 aliphatic carbocycles. The number of hydrogen-bond acceptors (Lipinski definition) is 7.